The molecule has 0 unspecified atom stereocenters. The Kier molecular flexibility index (Phi) is 8.25. The zero-order valence-corrected chi connectivity index (χ0v) is 16.6. The highest BCUT2D eigenvalue weighted by Gasteiger charge is 2.32. The largest absolute Gasteiger partial charge is 0.406 e. The van der Waals surface area contributed by atoms with Crippen LogP contribution in [0.4, 0.5) is 13.2 Å². The minimum Gasteiger partial charge on any atom is -0.352 e. The molecule has 0 aliphatic heterocycles. The van der Waals surface area contributed by atoms with Gasteiger partial charge in [-0.15, -0.1) is 0 Å². The maximum atomic E-state index is 12.9. The molecule has 0 atom stereocenters. The lowest BCUT2D eigenvalue weighted by Crippen LogP contribution is -2.38. The molecule has 0 heterocycles. The normalized spacial score (nSPS) is 10.9. The summed E-state index contributed by atoms with van der Waals surface area (Å²) in [5.74, 6) is -1.03. The molecule has 2 aromatic rings. The lowest BCUT2D eigenvalue weighted by molar-refractivity contribution is -0.162. The summed E-state index contributed by atoms with van der Waals surface area (Å²) < 4.78 is 38.7. The predicted octanol–water partition coefficient (Wildman–Crippen LogP) is 4.31. The van der Waals surface area contributed by atoms with Crippen LogP contribution in [0, 0.1) is 11.3 Å². The number of alkyl halides is 3. The highest BCUT2D eigenvalue weighted by atomic mass is 35.5. The summed E-state index contributed by atoms with van der Waals surface area (Å²) in [6, 6.07) is 14.2. The first kappa shape index (κ1) is 23.2. The van der Waals surface area contributed by atoms with Crippen molar-refractivity contribution in [3.63, 3.8) is 0 Å². The van der Waals surface area contributed by atoms with Crippen molar-refractivity contribution >= 4 is 23.4 Å². The van der Waals surface area contributed by atoms with Gasteiger partial charge in [-0.2, -0.15) is 18.4 Å². The number of nitrogens with zero attached hydrogens (tertiary/aromatic N) is 2. The molecule has 9 heteroatoms. The van der Waals surface area contributed by atoms with Crippen LogP contribution in [0.5, 0.6) is 0 Å². The number of carbonyl (C=O) groups excluding carboxylic acids is 2. The smallest absolute Gasteiger partial charge is 0.352 e. The quantitative estimate of drug-likeness (QED) is 0.625. The molecule has 0 aliphatic carbocycles. The van der Waals surface area contributed by atoms with Crippen LogP contribution in [0.1, 0.15) is 34.3 Å². The number of hydrogen-bond donors (Lipinski definition) is 1. The van der Waals surface area contributed by atoms with Gasteiger partial charge in [-0.1, -0.05) is 23.7 Å². The number of rotatable bonds is 8. The average Bonchev–Trinajstić information content (AvgIpc) is 2.70. The number of carbonyl (C=O) groups is 2. The van der Waals surface area contributed by atoms with Crippen molar-refractivity contribution in [2.75, 3.05) is 13.1 Å². The van der Waals surface area contributed by atoms with E-state index in [0.717, 1.165) is 4.90 Å². The van der Waals surface area contributed by atoms with Gasteiger partial charge in [-0.3, -0.25) is 9.59 Å². The fourth-order valence-corrected chi connectivity index (χ4v) is 2.78. The summed E-state index contributed by atoms with van der Waals surface area (Å²) in [6.07, 6.45) is -4.49. The maximum Gasteiger partial charge on any atom is 0.406 e. The van der Waals surface area contributed by atoms with Gasteiger partial charge in [0.15, 0.2) is 0 Å². The van der Waals surface area contributed by atoms with Gasteiger partial charge in [0, 0.05) is 30.1 Å². The second kappa shape index (κ2) is 10.6. The van der Waals surface area contributed by atoms with E-state index in [2.05, 4.69) is 5.32 Å². The first-order valence-electron chi connectivity index (χ1n) is 9.05. The Balaban J connectivity index is 1.89. The monoisotopic (exact) mass is 437 g/mol. The molecule has 0 aromatic heterocycles. The minimum atomic E-state index is -4.54. The van der Waals surface area contributed by atoms with Crippen molar-refractivity contribution in [2.45, 2.75) is 25.6 Å². The molecular weight excluding hydrogens is 419 g/mol. The maximum absolute atomic E-state index is 12.9. The first-order chi connectivity index (χ1) is 14.2. The van der Waals surface area contributed by atoms with Gasteiger partial charge < -0.3 is 10.2 Å². The number of amides is 2. The molecule has 158 valence electrons. The molecule has 0 radical (unpaired) electrons. The van der Waals surface area contributed by atoms with Crippen LogP contribution < -0.4 is 5.32 Å². The van der Waals surface area contributed by atoms with E-state index in [9.17, 15) is 22.8 Å². The Morgan fingerprint density at radius 3 is 2.27 bits per heavy atom. The molecule has 2 amide bonds. The van der Waals surface area contributed by atoms with E-state index in [4.69, 9.17) is 16.9 Å². The molecule has 0 aliphatic rings. The Hall–Kier alpha value is -3.05. The molecule has 0 bridgehead atoms. The van der Waals surface area contributed by atoms with Crippen molar-refractivity contribution in [3.05, 3.63) is 70.2 Å². The molecule has 5 nitrogen and oxygen atoms in total. The van der Waals surface area contributed by atoms with Crippen molar-refractivity contribution in [2.24, 2.45) is 0 Å². The molecule has 30 heavy (non-hydrogen) atoms. The van der Waals surface area contributed by atoms with Crippen LogP contribution in [-0.4, -0.2) is 36.0 Å². The van der Waals surface area contributed by atoms with E-state index in [1.54, 1.807) is 24.3 Å². The Bertz CT molecular complexity index is 907. The summed E-state index contributed by atoms with van der Waals surface area (Å²) in [5, 5.41) is 11.9. The zero-order valence-electron chi connectivity index (χ0n) is 15.9. The average molecular weight is 438 g/mol. The number of nitriles is 1. The third kappa shape index (κ3) is 7.76. The highest BCUT2D eigenvalue weighted by molar-refractivity contribution is 6.30. The van der Waals surface area contributed by atoms with Crippen LogP contribution in [-0.2, 0) is 11.3 Å². The topological polar surface area (TPSA) is 73.2 Å². The molecule has 0 saturated heterocycles. The number of nitrogens with one attached hydrogen (secondary N) is 1. The van der Waals surface area contributed by atoms with Crippen LogP contribution in [0.25, 0.3) is 0 Å². The number of benzene rings is 2. The molecule has 0 saturated carbocycles. The van der Waals surface area contributed by atoms with E-state index >= 15 is 0 Å². The van der Waals surface area contributed by atoms with Gasteiger partial charge in [-0.05, 0) is 48.4 Å². The standard InChI is InChI=1S/C21H19ClF3N3O2/c22-18-9-7-17(8-10-18)20(30)27-11-1-2-19(29)28(14-21(23,24)25)13-16-5-3-15(12-26)4-6-16/h3-10H,1-2,11,13-14H2,(H,27,30). The second-order valence-electron chi connectivity index (χ2n) is 6.54. The molecule has 2 rings (SSSR count). The highest BCUT2D eigenvalue weighted by Crippen LogP contribution is 2.19. The fourth-order valence-electron chi connectivity index (χ4n) is 2.66. The summed E-state index contributed by atoms with van der Waals surface area (Å²) in [4.78, 5) is 25.1. The van der Waals surface area contributed by atoms with E-state index in [-0.39, 0.29) is 31.8 Å². The Labute approximate surface area is 177 Å². The Morgan fingerprint density at radius 1 is 1.07 bits per heavy atom. The van der Waals surface area contributed by atoms with E-state index < -0.39 is 18.6 Å². The fraction of sp³-hybridized carbons (Fsp3) is 0.286. The van der Waals surface area contributed by atoms with Gasteiger partial charge in [0.1, 0.15) is 6.54 Å². The van der Waals surface area contributed by atoms with Crippen molar-refractivity contribution < 1.29 is 22.8 Å². The van der Waals surface area contributed by atoms with Gasteiger partial charge in [-0.25, -0.2) is 0 Å². The summed E-state index contributed by atoms with van der Waals surface area (Å²) >= 11 is 5.76. The molecule has 0 fully saturated rings. The summed E-state index contributed by atoms with van der Waals surface area (Å²) in [6.45, 7) is -1.45. The molecule has 1 N–H and O–H groups in total. The van der Waals surface area contributed by atoms with Crippen LogP contribution >= 0.6 is 11.6 Å². The van der Waals surface area contributed by atoms with Crippen molar-refractivity contribution in [3.8, 4) is 6.07 Å². The number of halogens is 4. The van der Waals surface area contributed by atoms with Gasteiger partial charge in [0.25, 0.3) is 5.91 Å². The summed E-state index contributed by atoms with van der Waals surface area (Å²) in [7, 11) is 0. The van der Waals surface area contributed by atoms with Gasteiger partial charge in [0.05, 0.1) is 11.6 Å². The number of hydrogen-bond acceptors (Lipinski definition) is 3. The van der Waals surface area contributed by atoms with E-state index in [0.29, 0.717) is 21.7 Å². The molecule has 2 aromatic carbocycles. The third-order valence-electron chi connectivity index (χ3n) is 4.14. The summed E-state index contributed by atoms with van der Waals surface area (Å²) in [5.41, 5.74) is 1.26. The van der Waals surface area contributed by atoms with E-state index in [1.807, 2.05) is 6.07 Å². The first-order valence-corrected chi connectivity index (χ1v) is 9.43. The van der Waals surface area contributed by atoms with Crippen LogP contribution in [0.3, 0.4) is 0 Å². The minimum absolute atomic E-state index is 0.143. The van der Waals surface area contributed by atoms with Gasteiger partial charge in [0.2, 0.25) is 5.91 Å². The predicted molar refractivity (Wildman–Crippen MR) is 106 cm³/mol. The van der Waals surface area contributed by atoms with Crippen molar-refractivity contribution in [1.29, 1.82) is 5.26 Å². The lowest BCUT2D eigenvalue weighted by Gasteiger charge is -2.24. The Morgan fingerprint density at radius 2 is 1.70 bits per heavy atom. The van der Waals surface area contributed by atoms with E-state index in [1.165, 1.54) is 24.3 Å². The van der Waals surface area contributed by atoms with Crippen LogP contribution in [0.15, 0.2) is 48.5 Å². The molecular formula is C21H19ClF3N3O2. The SMILES string of the molecule is N#Cc1ccc(CN(CC(F)(F)F)C(=O)CCCNC(=O)c2ccc(Cl)cc2)cc1. The zero-order chi connectivity index (χ0) is 22.1. The third-order valence-corrected chi connectivity index (χ3v) is 4.39. The van der Waals surface area contributed by atoms with Crippen LogP contribution in [0.2, 0.25) is 5.02 Å². The van der Waals surface area contributed by atoms with Crippen molar-refractivity contribution in [1.82, 2.24) is 10.2 Å². The second-order valence-corrected chi connectivity index (χ2v) is 6.98. The molecule has 0 spiro atoms. The lowest BCUT2D eigenvalue weighted by atomic mass is 10.1. The van der Waals surface area contributed by atoms with Gasteiger partial charge >= 0.3 is 6.18 Å².